The molecule has 1 aromatic carbocycles. The van der Waals surface area contributed by atoms with Crippen molar-refractivity contribution in [3.63, 3.8) is 0 Å². The summed E-state index contributed by atoms with van der Waals surface area (Å²) < 4.78 is 10.1. The summed E-state index contributed by atoms with van der Waals surface area (Å²) in [7, 11) is 1.49. The zero-order chi connectivity index (χ0) is 14.3. The number of benzene rings is 1. The minimum absolute atomic E-state index is 0.133. The van der Waals surface area contributed by atoms with E-state index in [1.165, 1.54) is 14.0 Å². The van der Waals surface area contributed by atoms with Crippen molar-refractivity contribution in [3.8, 4) is 5.75 Å². The molecule has 1 atom stereocenters. The second kappa shape index (κ2) is 7.38. The highest BCUT2D eigenvalue weighted by atomic mass is 16.5. The van der Waals surface area contributed by atoms with Crippen molar-refractivity contribution < 1.29 is 24.2 Å². The van der Waals surface area contributed by atoms with E-state index in [1.54, 1.807) is 24.3 Å². The zero-order valence-electron chi connectivity index (χ0n) is 10.9. The van der Waals surface area contributed by atoms with Gasteiger partial charge in [-0.05, 0) is 19.1 Å². The maximum absolute atomic E-state index is 11.8. The van der Waals surface area contributed by atoms with Crippen LogP contribution in [0.5, 0.6) is 5.75 Å². The van der Waals surface area contributed by atoms with Crippen LogP contribution in [0.3, 0.4) is 0 Å². The smallest absolute Gasteiger partial charge is 0.332 e. The zero-order valence-corrected chi connectivity index (χ0v) is 10.9. The molecule has 2 N–H and O–H groups in total. The number of carbonyl (C=O) groups is 2. The first-order valence-electron chi connectivity index (χ1n) is 5.82. The van der Waals surface area contributed by atoms with E-state index in [1.807, 2.05) is 0 Å². The number of rotatable bonds is 7. The molecule has 0 heterocycles. The number of hydrogen-bond donors (Lipinski definition) is 2. The molecule has 104 valence electrons. The largest absolute Gasteiger partial charge is 0.496 e. The Hall–Kier alpha value is -2.08. The Morgan fingerprint density at radius 2 is 2.05 bits per heavy atom. The van der Waals surface area contributed by atoms with Crippen molar-refractivity contribution in [2.24, 2.45) is 0 Å². The van der Waals surface area contributed by atoms with Gasteiger partial charge in [0, 0.05) is 6.54 Å². The van der Waals surface area contributed by atoms with Crippen LogP contribution in [0.25, 0.3) is 0 Å². The van der Waals surface area contributed by atoms with Crippen molar-refractivity contribution in [2.45, 2.75) is 13.0 Å². The number of amides is 1. The topological polar surface area (TPSA) is 84.9 Å². The summed E-state index contributed by atoms with van der Waals surface area (Å²) in [6, 6.07) is 6.85. The van der Waals surface area contributed by atoms with E-state index in [0.29, 0.717) is 11.3 Å². The maximum atomic E-state index is 11.8. The van der Waals surface area contributed by atoms with Crippen molar-refractivity contribution in [2.75, 3.05) is 20.3 Å². The molecule has 0 aliphatic rings. The van der Waals surface area contributed by atoms with Gasteiger partial charge in [-0.3, -0.25) is 4.79 Å². The van der Waals surface area contributed by atoms with Crippen LogP contribution < -0.4 is 10.1 Å². The Morgan fingerprint density at radius 1 is 1.37 bits per heavy atom. The second-order valence-corrected chi connectivity index (χ2v) is 3.81. The molecular formula is C13H17NO5. The highest BCUT2D eigenvalue weighted by molar-refractivity contribution is 5.96. The Kier molecular flexibility index (Phi) is 5.81. The standard InChI is InChI=1S/C13H17NO5/c1-9(13(16)17)19-8-7-14-12(15)10-5-3-4-6-11(10)18-2/h3-6,9H,7-8H2,1-2H3,(H,14,15)(H,16,17). The summed E-state index contributed by atoms with van der Waals surface area (Å²) in [4.78, 5) is 22.3. The van der Waals surface area contributed by atoms with E-state index >= 15 is 0 Å². The number of para-hydroxylation sites is 1. The number of carboxylic acid groups (broad SMARTS) is 1. The lowest BCUT2D eigenvalue weighted by Gasteiger charge is -2.10. The minimum atomic E-state index is -1.03. The Labute approximate surface area is 111 Å². The summed E-state index contributed by atoms with van der Waals surface area (Å²) in [6.07, 6.45) is -0.886. The third-order valence-corrected chi connectivity index (χ3v) is 2.45. The monoisotopic (exact) mass is 267 g/mol. The Bertz CT molecular complexity index is 446. The predicted octanol–water partition coefficient (Wildman–Crippen LogP) is 0.915. The fourth-order valence-corrected chi connectivity index (χ4v) is 1.40. The van der Waals surface area contributed by atoms with Crippen LogP contribution in [0.2, 0.25) is 0 Å². The van der Waals surface area contributed by atoms with Gasteiger partial charge in [-0.15, -0.1) is 0 Å². The molecule has 0 aliphatic carbocycles. The van der Waals surface area contributed by atoms with E-state index in [4.69, 9.17) is 14.6 Å². The van der Waals surface area contributed by atoms with Gasteiger partial charge in [-0.25, -0.2) is 4.79 Å². The predicted molar refractivity (Wildman–Crippen MR) is 68.4 cm³/mol. The van der Waals surface area contributed by atoms with Crippen LogP contribution in [-0.2, 0) is 9.53 Å². The highest BCUT2D eigenvalue weighted by Crippen LogP contribution is 2.16. The van der Waals surface area contributed by atoms with Gasteiger partial charge >= 0.3 is 5.97 Å². The van der Waals surface area contributed by atoms with Crippen LogP contribution >= 0.6 is 0 Å². The van der Waals surface area contributed by atoms with E-state index in [0.717, 1.165) is 0 Å². The molecule has 0 aromatic heterocycles. The number of ether oxygens (including phenoxy) is 2. The molecule has 0 saturated carbocycles. The van der Waals surface area contributed by atoms with Gasteiger partial charge in [0.15, 0.2) is 6.10 Å². The van der Waals surface area contributed by atoms with Crippen molar-refractivity contribution in [3.05, 3.63) is 29.8 Å². The summed E-state index contributed by atoms with van der Waals surface area (Å²) in [5, 5.41) is 11.2. The van der Waals surface area contributed by atoms with Gasteiger partial charge in [0.1, 0.15) is 5.75 Å². The van der Waals surface area contributed by atoms with Crippen molar-refractivity contribution >= 4 is 11.9 Å². The molecule has 6 nitrogen and oxygen atoms in total. The lowest BCUT2D eigenvalue weighted by Crippen LogP contribution is -2.30. The molecule has 6 heteroatoms. The third kappa shape index (κ3) is 4.59. The molecule has 0 fully saturated rings. The first-order valence-corrected chi connectivity index (χ1v) is 5.82. The lowest BCUT2D eigenvalue weighted by atomic mass is 10.2. The first kappa shape index (κ1) is 15.0. The fraction of sp³-hybridized carbons (Fsp3) is 0.385. The number of carbonyl (C=O) groups excluding carboxylic acids is 1. The Morgan fingerprint density at radius 3 is 2.68 bits per heavy atom. The van der Waals surface area contributed by atoms with Gasteiger partial charge in [0.2, 0.25) is 0 Å². The van der Waals surface area contributed by atoms with E-state index < -0.39 is 12.1 Å². The fourth-order valence-electron chi connectivity index (χ4n) is 1.40. The molecule has 1 rings (SSSR count). The molecule has 0 spiro atoms. The van der Waals surface area contributed by atoms with Gasteiger partial charge in [-0.1, -0.05) is 12.1 Å². The molecule has 0 radical (unpaired) electrons. The lowest BCUT2D eigenvalue weighted by molar-refractivity contribution is -0.148. The van der Waals surface area contributed by atoms with Crippen molar-refractivity contribution in [1.82, 2.24) is 5.32 Å². The summed E-state index contributed by atoms with van der Waals surface area (Å²) in [5.74, 6) is -0.833. The summed E-state index contributed by atoms with van der Waals surface area (Å²) >= 11 is 0. The van der Waals surface area contributed by atoms with E-state index in [9.17, 15) is 9.59 Å². The van der Waals surface area contributed by atoms with Crippen molar-refractivity contribution in [1.29, 1.82) is 0 Å². The van der Waals surface area contributed by atoms with Crippen LogP contribution in [-0.4, -0.2) is 43.3 Å². The van der Waals surface area contributed by atoms with E-state index in [-0.39, 0.29) is 19.1 Å². The quantitative estimate of drug-likeness (QED) is 0.717. The molecule has 0 saturated heterocycles. The van der Waals surface area contributed by atoms with Crippen LogP contribution in [0.15, 0.2) is 24.3 Å². The third-order valence-electron chi connectivity index (χ3n) is 2.45. The number of hydrogen-bond acceptors (Lipinski definition) is 4. The average molecular weight is 267 g/mol. The van der Waals surface area contributed by atoms with Crippen LogP contribution in [0.1, 0.15) is 17.3 Å². The average Bonchev–Trinajstić information content (AvgIpc) is 2.42. The molecule has 1 amide bonds. The summed E-state index contributed by atoms with van der Waals surface area (Å²) in [5.41, 5.74) is 0.427. The van der Waals surface area contributed by atoms with E-state index in [2.05, 4.69) is 5.32 Å². The highest BCUT2D eigenvalue weighted by Gasteiger charge is 2.12. The van der Waals surface area contributed by atoms with Gasteiger partial charge in [0.25, 0.3) is 5.91 Å². The second-order valence-electron chi connectivity index (χ2n) is 3.81. The van der Waals surface area contributed by atoms with Crippen LogP contribution in [0.4, 0.5) is 0 Å². The molecule has 0 bridgehead atoms. The number of nitrogens with one attached hydrogen (secondary N) is 1. The number of carboxylic acids is 1. The number of methoxy groups -OCH3 is 1. The van der Waals surface area contributed by atoms with Gasteiger partial charge in [-0.2, -0.15) is 0 Å². The molecular weight excluding hydrogens is 250 g/mol. The Balaban J connectivity index is 2.41. The normalized spacial score (nSPS) is 11.7. The molecule has 1 aromatic rings. The first-order chi connectivity index (χ1) is 9.06. The molecule has 19 heavy (non-hydrogen) atoms. The maximum Gasteiger partial charge on any atom is 0.332 e. The number of aliphatic carboxylic acids is 1. The van der Waals surface area contributed by atoms with Gasteiger partial charge in [0.05, 0.1) is 19.3 Å². The molecule has 0 aliphatic heterocycles. The van der Waals surface area contributed by atoms with Crippen LogP contribution in [0, 0.1) is 0 Å². The van der Waals surface area contributed by atoms with Gasteiger partial charge < -0.3 is 19.9 Å². The SMILES string of the molecule is COc1ccccc1C(=O)NCCOC(C)C(=O)O. The summed E-state index contributed by atoms with van der Waals surface area (Å²) in [6.45, 7) is 1.80. The minimum Gasteiger partial charge on any atom is -0.496 e. The molecule has 1 unspecified atom stereocenters.